The quantitative estimate of drug-likeness (QED) is 0.637. The Labute approximate surface area is 93.7 Å². The molecule has 0 saturated heterocycles. The Hall–Kier alpha value is -0.780. The molecule has 1 saturated carbocycles. The van der Waals surface area contributed by atoms with E-state index in [4.69, 9.17) is 0 Å². The van der Waals surface area contributed by atoms with E-state index in [1.54, 1.807) is 5.56 Å². The minimum absolute atomic E-state index is 0.497. The van der Waals surface area contributed by atoms with Crippen molar-refractivity contribution in [1.29, 1.82) is 0 Å². The molecule has 0 bridgehead atoms. The highest BCUT2D eigenvalue weighted by atomic mass is 14.5. The summed E-state index contributed by atoms with van der Waals surface area (Å²) in [6, 6.07) is 0. The van der Waals surface area contributed by atoms with E-state index in [2.05, 4.69) is 41.5 Å². The molecule has 0 unspecified atom stereocenters. The van der Waals surface area contributed by atoms with Gasteiger partial charge in [-0.3, -0.25) is 0 Å². The molecule has 0 heterocycles. The largest absolute Gasteiger partial charge is 0.0555 e. The topological polar surface area (TPSA) is 0 Å². The lowest BCUT2D eigenvalue weighted by molar-refractivity contribution is 0.765. The van der Waals surface area contributed by atoms with Crippen molar-refractivity contribution in [3.8, 4) is 0 Å². The van der Waals surface area contributed by atoms with Gasteiger partial charge >= 0.3 is 0 Å². The molecule has 0 aliphatic heterocycles. The third-order valence-electron chi connectivity index (χ3n) is 4.60. The summed E-state index contributed by atoms with van der Waals surface area (Å²) in [6.45, 7) is 13.8. The Morgan fingerprint density at radius 3 is 1.33 bits per heavy atom. The highest BCUT2D eigenvalue weighted by molar-refractivity contribution is 5.53. The van der Waals surface area contributed by atoms with E-state index in [9.17, 15) is 0 Å². The average molecular weight is 202 g/mol. The fourth-order valence-corrected chi connectivity index (χ4v) is 2.84. The van der Waals surface area contributed by atoms with Gasteiger partial charge in [0.1, 0.15) is 0 Å². The zero-order chi connectivity index (χ0) is 11.4. The monoisotopic (exact) mass is 202 g/mol. The summed E-state index contributed by atoms with van der Waals surface area (Å²) >= 11 is 0. The SMILES string of the molecule is Cc1c(C)c(C)c(C2(C)CC2)c(C)c1C. The number of rotatable bonds is 1. The predicted molar refractivity (Wildman–Crippen MR) is 66.7 cm³/mol. The fraction of sp³-hybridized carbons (Fsp3) is 0.600. The molecular weight excluding hydrogens is 180 g/mol. The van der Waals surface area contributed by atoms with Gasteiger partial charge in [0.2, 0.25) is 0 Å². The van der Waals surface area contributed by atoms with E-state index in [-0.39, 0.29) is 0 Å². The summed E-state index contributed by atoms with van der Waals surface area (Å²) < 4.78 is 0. The number of hydrogen-bond donors (Lipinski definition) is 0. The molecule has 1 fully saturated rings. The van der Waals surface area contributed by atoms with Gasteiger partial charge in [-0.15, -0.1) is 0 Å². The summed E-state index contributed by atoms with van der Waals surface area (Å²) in [5.74, 6) is 0. The maximum absolute atomic E-state index is 2.41. The molecule has 0 aromatic heterocycles. The third kappa shape index (κ3) is 1.42. The average Bonchev–Trinajstić information content (AvgIpc) is 2.91. The molecule has 0 atom stereocenters. The van der Waals surface area contributed by atoms with Crippen LogP contribution in [0.2, 0.25) is 0 Å². The molecule has 0 heteroatoms. The van der Waals surface area contributed by atoms with E-state index in [1.165, 1.54) is 40.7 Å². The summed E-state index contributed by atoms with van der Waals surface area (Å²) in [5.41, 5.74) is 9.70. The van der Waals surface area contributed by atoms with Crippen LogP contribution in [0, 0.1) is 34.6 Å². The van der Waals surface area contributed by atoms with Crippen molar-refractivity contribution in [2.75, 3.05) is 0 Å². The summed E-state index contributed by atoms with van der Waals surface area (Å²) in [4.78, 5) is 0. The zero-order valence-electron chi connectivity index (χ0n) is 10.9. The maximum atomic E-state index is 2.41. The summed E-state index contributed by atoms with van der Waals surface area (Å²) in [7, 11) is 0. The van der Waals surface area contributed by atoms with Crippen molar-refractivity contribution in [2.45, 2.75) is 59.8 Å². The van der Waals surface area contributed by atoms with Crippen LogP contribution in [0.15, 0.2) is 0 Å². The van der Waals surface area contributed by atoms with Gasteiger partial charge in [0.25, 0.3) is 0 Å². The van der Waals surface area contributed by atoms with E-state index >= 15 is 0 Å². The minimum atomic E-state index is 0.497. The second kappa shape index (κ2) is 3.10. The second-order valence-corrected chi connectivity index (χ2v) is 5.56. The molecule has 1 aromatic carbocycles. The molecule has 0 N–H and O–H groups in total. The molecule has 1 aliphatic rings. The lowest BCUT2D eigenvalue weighted by atomic mass is 9.82. The Bertz CT molecular complexity index is 391. The van der Waals surface area contributed by atoms with Gasteiger partial charge in [-0.1, -0.05) is 6.92 Å². The molecule has 0 spiro atoms. The van der Waals surface area contributed by atoms with Crippen LogP contribution in [0.25, 0.3) is 0 Å². The fourth-order valence-electron chi connectivity index (χ4n) is 2.84. The third-order valence-corrected chi connectivity index (χ3v) is 4.60. The zero-order valence-corrected chi connectivity index (χ0v) is 10.9. The van der Waals surface area contributed by atoms with Crippen molar-refractivity contribution in [3.63, 3.8) is 0 Å². The van der Waals surface area contributed by atoms with Crippen LogP contribution in [0.1, 0.15) is 53.1 Å². The molecule has 1 aliphatic carbocycles. The van der Waals surface area contributed by atoms with Gasteiger partial charge in [-0.2, -0.15) is 0 Å². The van der Waals surface area contributed by atoms with E-state index in [0.717, 1.165) is 0 Å². The molecule has 2 rings (SSSR count). The van der Waals surface area contributed by atoms with Crippen molar-refractivity contribution in [3.05, 3.63) is 33.4 Å². The van der Waals surface area contributed by atoms with Crippen LogP contribution in [0.4, 0.5) is 0 Å². The lowest BCUT2D eigenvalue weighted by Crippen LogP contribution is -2.10. The van der Waals surface area contributed by atoms with Gasteiger partial charge in [0.15, 0.2) is 0 Å². The summed E-state index contributed by atoms with van der Waals surface area (Å²) in [5, 5.41) is 0. The van der Waals surface area contributed by atoms with Gasteiger partial charge in [-0.25, -0.2) is 0 Å². The highest BCUT2D eigenvalue weighted by Crippen LogP contribution is 2.51. The van der Waals surface area contributed by atoms with Crippen LogP contribution in [-0.4, -0.2) is 0 Å². The van der Waals surface area contributed by atoms with Crippen molar-refractivity contribution >= 4 is 0 Å². The van der Waals surface area contributed by atoms with E-state index in [0.29, 0.717) is 5.41 Å². The number of benzene rings is 1. The molecule has 82 valence electrons. The standard InChI is InChI=1S/C15H22/c1-9-10(2)12(4)14(13(5)11(9)3)15(6)7-8-15/h7-8H2,1-6H3. The number of hydrogen-bond acceptors (Lipinski definition) is 0. The molecule has 0 radical (unpaired) electrons. The maximum Gasteiger partial charge on any atom is -0.00692 e. The van der Waals surface area contributed by atoms with E-state index < -0.39 is 0 Å². The molecular formula is C15H22. The van der Waals surface area contributed by atoms with Crippen LogP contribution < -0.4 is 0 Å². The second-order valence-electron chi connectivity index (χ2n) is 5.56. The Balaban J connectivity index is 2.74. The Kier molecular flexibility index (Phi) is 2.22. The van der Waals surface area contributed by atoms with Gasteiger partial charge in [0.05, 0.1) is 0 Å². The normalized spacial score (nSPS) is 18.0. The van der Waals surface area contributed by atoms with Crippen molar-refractivity contribution < 1.29 is 0 Å². The van der Waals surface area contributed by atoms with Gasteiger partial charge in [0, 0.05) is 0 Å². The molecule has 0 nitrogen and oxygen atoms in total. The first-order valence-electron chi connectivity index (χ1n) is 5.96. The summed E-state index contributed by atoms with van der Waals surface area (Å²) in [6.07, 6.45) is 2.74. The smallest absolute Gasteiger partial charge is 0.00692 e. The molecule has 15 heavy (non-hydrogen) atoms. The predicted octanol–water partition coefficient (Wildman–Crippen LogP) is 4.28. The Morgan fingerprint density at radius 2 is 1.00 bits per heavy atom. The molecule has 1 aromatic rings. The van der Waals surface area contributed by atoms with Gasteiger partial charge < -0.3 is 0 Å². The van der Waals surface area contributed by atoms with Crippen LogP contribution >= 0.6 is 0 Å². The first-order chi connectivity index (χ1) is 6.88. The molecule has 0 amide bonds. The van der Waals surface area contributed by atoms with Crippen LogP contribution in [-0.2, 0) is 5.41 Å². The van der Waals surface area contributed by atoms with Crippen molar-refractivity contribution in [1.82, 2.24) is 0 Å². The first kappa shape index (κ1) is 10.7. The van der Waals surface area contributed by atoms with Crippen molar-refractivity contribution in [2.24, 2.45) is 0 Å². The Morgan fingerprint density at radius 1 is 0.667 bits per heavy atom. The highest BCUT2D eigenvalue weighted by Gasteiger charge is 2.41. The lowest BCUT2D eigenvalue weighted by Gasteiger charge is -2.22. The van der Waals surface area contributed by atoms with Crippen LogP contribution in [0.3, 0.4) is 0 Å². The van der Waals surface area contributed by atoms with Gasteiger partial charge in [-0.05, 0) is 86.3 Å². The minimum Gasteiger partial charge on any atom is -0.0555 e. The van der Waals surface area contributed by atoms with Crippen LogP contribution in [0.5, 0.6) is 0 Å². The van der Waals surface area contributed by atoms with E-state index in [1.807, 2.05) is 0 Å². The first-order valence-corrected chi connectivity index (χ1v) is 5.96.